The van der Waals surface area contributed by atoms with E-state index in [0.717, 1.165) is 38.5 Å². The molecule has 0 saturated carbocycles. The molecular weight excluding hydrogens is 198 g/mol. The molecule has 0 radical (unpaired) electrons. The van der Waals surface area contributed by atoms with Gasteiger partial charge in [-0.25, -0.2) is 0 Å². The molecule has 0 amide bonds. The number of hydrogen-bond donors (Lipinski definition) is 1. The first-order valence-corrected chi connectivity index (χ1v) is 6.67. The van der Waals surface area contributed by atoms with Gasteiger partial charge in [0.25, 0.3) is 0 Å². The summed E-state index contributed by atoms with van der Waals surface area (Å²) in [5.74, 6) is 0.901. The molecule has 16 heavy (non-hydrogen) atoms. The van der Waals surface area contributed by atoms with E-state index in [1.807, 2.05) is 0 Å². The molecule has 1 aliphatic rings. The van der Waals surface area contributed by atoms with E-state index in [4.69, 9.17) is 5.73 Å². The van der Waals surface area contributed by atoms with Gasteiger partial charge >= 0.3 is 0 Å². The third-order valence-corrected chi connectivity index (χ3v) is 3.41. The number of Topliss-reactive ketones (excluding diaryl/α,β-unsaturated/α-hetero) is 1. The van der Waals surface area contributed by atoms with Gasteiger partial charge in [-0.15, -0.1) is 0 Å². The molecule has 0 saturated heterocycles. The fraction of sp³-hybridized carbons (Fsp3) is 0.786. The molecule has 0 aromatic carbocycles. The molecular formula is C14H25NO. The lowest BCUT2D eigenvalue weighted by molar-refractivity contribution is -0.120. The first-order valence-electron chi connectivity index (χ1n) is 6.67. The van der Waals surface area contributed by atoms with Crippen LogP contribution in [0.25, 0.3) is 0 Å². The Hall–Kier alpha value is -0.630. The molecule has 2 nitrogen and oxygen atoms in total. The van der Waals surface area contributed by atoms with E-state index < -0.39 is 0 Å². The maximum absolute atomic E-state index is 11.7. The summed E-state index contributed by atoms with van der Waals surface area (Å²) in [5.41, 5.74) is 5.96. The lowest BCUT2D eigenvalue weighted by Gasteiger charge is -2.20. The molecule has 0 bridgehead atoms. The molecule has 0 aromatic rings. The molecule has 0 heterocycles. The van der Waals surface area contributed by atoms with E-state index in [1.165, 1.54) is 6.42 Å². The van der Waals surface area contributed by atoms with Gasteiger partial charge < -0.3 is 5.73 Å². The van der Waals surface area contributed by atoms with Crippen molar-refractivity contribution in [2.75, 3.05) is 0 Å². The summed E-state index contributed by atoms with van der Waals surface area (Å²) in [7, 11) is 0. The normalized spacial score (nSPS) is 22.0. The third-order valence-electron chi connectivity index (χ3n) is 3.41. The topological polar surface area (TPSA) is 43.1 Å². The number of carbonyl (C=O) groups excluding carboxylic acids is 1. The number of allylic oxidation sites excluding steroid dienone is 2. The molecule has 0 aliphatic heterocycles. The fourth-order valence-electron chi connectivity index (χ4n) is 2.30. The molecule has 1 rings (SSSR count). The first kappa shape index (κ1) is 13.4. The van der Waals surface area contributed by atoms with Gasteiger partial charge in [0.2, 0.25) is 0 Å². The minimum absolute atomic E-state index is 0.214. The van der Waals surface area contributed by atoms with Crippen LogP contribution >= 0.6 is 0 Å². The summed E-state index contributed by atoms with van der Waals surface area (Å²) in [6, 6.07) is -0.214. The summed E-state index contributed by atoms with van der Waals surface area (Å²) in [6.45, 7) is 2.15. The highest BCUT2D eigenvalue weighted by Crippen LogP contribution is 2.23. The van der Waals surface area contributed by atoms with Crippen molar-refractivity contribution in [1.29, 1.82) is 0 Å². The van der Waals surface area contributed by atoms with Crippen LogP contribution < -0.4 is 5.73 Å². The van der Waals surface area contributed by atoms with Gasteiger partial charge in [0, 0.05) is 6.42 Å². The van der Waals surface area contributed by atoms with E-state index in [0.29, 0.717) is 12.3 Å². The minimum atomic E-state index is -0.214. The second-order valence-corrected chi connectivity index (χ2v) is 4.92. The summed E-state index contributed by atoms with van der Waals surface area (Å²) in [6.07, 6.45) is 12.8. The summed E-state index contributed by atoms with van der Waals surface area (Å²) >= 11 is 0. The van der Waals surface area contributed by atoms with E-state index in [-0.39, 0.29) is 11.8 Å². The Morgan fingerprint density at radius 2 is 2.25 bits per heavy atom. The Kier molecular flexibility index (Phi) is 6.39. The van der Waals surface area contributed by atoms with Gasteiger partial charge in [0.15, 0.2) is 0 Å². The molecule has 0 fully saturated rings. The molecule has 92 valence electrons. The zero-order chi connectivity index (χ0) is 11.8. The smallest absolute Gasteiger partial charge is 0.149 e. The zero-order valence-electron chi connectivity index (χ0n) is 10.5. The van der Waals surface area contributed by atoms with Crippen LogP contribution in [0.5, 0.6) is 0 Å². The maximum Gasteiger partial charge on any atom is 0.149 e. The molecule has 0 aromatic heterocycles. The van der Waals surface area contributed by atoms with Crippen molar-refractivity contribution in [3.63, 3.8) is 0 Å². The Morgan fingerprint density at radius 3 is 2.88 bits per heavy atom. The molecule has 1 unspecified atom stereocenters. The number of ketones is 1. The minimum Gasteiger partial charge on any atom is -0.322 e. The Balaban J connectivity index is 2.19. The molecule has 2 heteroatoms. The predicted octanol–water partition coefficient (Wildman–Crippen LogP) is 3.21. The lowest BCUT2D eigenvalue weighted by Crippen LogP contribution is -2.32. The molecule has 2 atom stereocenters. The van der Waals surface area contributed by atoms with Crippen LogP contribution in [0, 0.1) is 5.92 Å². The number of hydrogen-bond acceptors (Lipinski definition) is 2. The second kappa shape index (κ2) is 7.61. The third kappa shape index (κ3) is 4.93. The monoisotopic (exact) mass is 223 g/mol. The van der Waals surface area contributed by atoms with Crippen molar-refractivity contribution >= 4 is 5.78 Å². The van der Waals surface area contributed by atoms with Crippen LogP contribution in [0.3, 0.4) is 0 Å². The van der Waals surface area contributed by atoms with Crippen LogP contribution in [0.15, 0.2) is 12.2 Å². The fourth-order valence-corrected chi connectivity index (χ4v) is 2.30. The van der Waals surface area contributed by atoms with Gasteiger partial charge in [-0.3, -0.25) is 4.79 Å². The Labute approximate surface area is 99.3 Å². The van der Waals surface area contributed by atoms with E-state index in [9.17, 15) is 4.79 Å². The Morgan fingerprint density at radius 1 is 1.44 bits per heavy atom. The van der Waals surface area contributed by atoms with Crippen molar-refractivity contribution in [1.82, 2.24) is 0 Å². The van der Waals surface area contributed by atoms with Crippen molar-refractivity contribution < 1.29 is 4.79 Å². The average Bonchev–Trinajstić information content (AvgIpc) is 2.30. The molecule has 0 spiro atoms. The van der Waals surface area contributed by atoms with Crippen LogP contribution in [0.4, 0.5) is 0 Å². The lowest BCUT2D eigenvalue weighted by atomic mass is 9.87. The van der Waals surface area contributed by atoms with Crippen LogP contribution in [0.1, 0.15) is 58.3 Å². The van der Waals surface area contributed by atoms with Gasteiger partial charge in [-0.05, 0) is 38.0 Å². The van der Waals surface area contributed by atoms with Crippen LogP contribution in [-0.4, -0.2) is 11.8 Å². The second-order valence-electron chi connectivity index (χ2n) is 4.92. The highest BCUT2D eigenvalue weighted by molar-refractivity contribution is 5.83. The van der Waals surface area contributed by atoms with Gasteiger partial charge in [-0.2, -0.15) is 0 Å². The van der Waals surface area contributed by atoms with E-state index in [2.05, 4.69) is 19.1 Å². The van der Waals surface area contributed by atoms with Gasteiger partial charge in [0.1, 0.15) is 5.78 Å². The Bertz CT molecular complexity index is 235. The first-order chi connectivity index (χ1) is 7.74. The van der Waals surface area contributed by atoms with Crippen LogP contribution in [0.2, 0.25) is 0 Å². The van der Waals surface area contributed by atoms with Gasteiger partial charge in [0.05, 0.1) is 6.04 Å². The molecule has 2 N–H and O–H groups in total. The zero-order valence-corrected chi connectivity index (χ0v) is 10.5. The largest absolute Gasteiger partial charge is 0.322 e. The molecule has 1 aliphatic carbocycles. The number of rotatable bonds is 7. The van der Waals surface area contributed by atoms with Crippen molar-refractivity contribution in [2.45, 2.75) is 64.3 Å². The maximum atomic E-state index is 11.7. The quantitative estimate of drug-likeness (QED) is 0.532. The summed E-state index contributed by atoms with van der Waals surface area (Å²) in [4.78, 5) is 11.7. The summed E-state index contributed by atoms with van der Waals surface area (Å²) < 4.78 is 0. The average molecular weight is 223 g/mol. The van der Waals surface area contributed by atoms with Crippen molar-refractivity contribution in [2.24, 2.45) is 11.7 Å². The van der Waals surface area contributed by atoms with Crippen molar-refractivity contribution in [3.8, 4) is 0 Å². The van der Waals surface area contributed by atoms with Crippen molar-refractivity contribution in [3.05, 3.63) is 12.2 Å². The van der Waals surface area contributed by atoms with E-state index in [1.54, 1.807) is 0 Å². The van der Waals surface area contributed by atoms with Gasteiger partial charge in [-0.1, -0.05) is 31.9 Å². The van der Waals surface area contributed by atoms with E-state index >= 15 is 0 Å². The highest BCUT2D eigenvalue weighted by Gasteiger charge is 2.19. The predicted molar refractivity (Wildman–Crippen MR) is 68.2 cm³/mol. The number of unbranched alkanes of at least 4 members (excludes halogenated alkanes) is 2. The highest BCUT2D eigenvalue weighted by atomic mass is 16.1. The summed E-state index contributed by atoms with van der Waals surface area (Å²) in [5, 5.41) is 0. The standard InChI is InChI=1S/C14H25NO/c1-2-3-5-10-14(16)13(15)11-12-8-6-4-7-9-12/h4,6,12-13H,2-3,5,7-11,15H2,1H3/t12?,13-/m0/s1. The number of nitrogens with two attached hydrogens (primary N) is 1. The number of carbonyl (C=O) groups is 1. The SMILES string of the molecule is CCCCCC(=O)[C@@H](N)CC1CC=CCC1. The van der Waals surface area contributed by atoms with Crippen LogP contribution in [-0.2, 0) is 4.79 Å².